The van der Waals surface area contributed by atoms with Crippen LogP contribution in [0.15, 0.2) is 60.8 Å². The number of hydrogen-bond acceptors (Lipinski definition) is 5. The summed E-state index contributed by atoms with van der Waals surface area (Å²) in [5.41, 5.74) is 0.774. The van der Waals surface area contributed by atoms with Crippen molar-refractivity contribution in [2.24, 2.45) is 11.8 Å². The highest BCUT2D eigenvalue weighted by molar-refractivity contribution is 7.15. The van der Waals surface area contributed by atoms with Gasteiger partial charge in [-0.25, -0.2) is 9.37 Å². The van der Waals surface area contributed by atoms with E-state index in [-0.39, 0.29) is 11.3 Å². The van der Waals surface area contributed by atoms with Crippen molar-refractivity contribution in [2.45, 2.75) is 26.7 Å². The summed E-state index contributed by atoms with van der Waals surface area (Å²) in [7, 11) is 0. The Morgan fingerprint density at radius 1 is 1.00 bits per heavy atom. The molecule has 0 radical (unpaired) electrons. The lowest BCUT2D eigenvalue weighted by Crippen LogP contribution is -2.40. The van der Waals surface area contributed by atoms with Crippen LogP contribution >= 0.6 is 11.3 Å². The summed E-state index contributed by atoms with van der Waals surface area (Å²) in [5, 5.41) is 3.07. The average molecular weight is 439 g/mol. The molecule has 0 bridgehead atoms. The van der Waals surface area contributed by atoms with Gasteiger partial charge in [-0.3, -0.25) is 14.4 Å². The largest absolute Gasteiger partial charge is 0.301 e. The number of anilines is 1. The van der Waals surface area contributed by atoms with Crippen LogP contribution in [0.25, 0.3) is 0 Å². The normalized spacial score (nSPS) is 12.9. The van der Waals surface area contributed by atoms with Gasteiger partial charge < -0.3 is 5.32 Å². The molecule has 0 saturated carbocycles. The average Bonchev–Trinajstić information content (AvgIpc) is 3.16. The number of thiazole rings is 1. The Morgan fingerprint density at radius 3 is 2.19 bits per heavy atom. The first-order chi connectivity index (χ1) is 14.8. The summed E-state index contributed by atoms with van der Waals surface area (Å²) < 4.78 is 13.4. The highest BCUT2D eigenvalue weighted by Crippen LogP contribution is 2.33. The quantitative estimate of drug-likeness (QED) is 0.395. The summed E-state index contributed by atoms with van der Waals surface area (Å²) >= 11 is 1.29. The minimum Gasteiger partial charge on any atom is -0.301 e. The first kappa shape index (κ1) is 22.5. The van der Waals surface area contributed by atoms with Gasteiger partial charge in [-0.05, 0) is 36.8 Å². The van der Waals surface area contributed by atoms with Crippen LogP contribution in [-0.4, -0.2) is 22.5 Å². The van der Waals surface area contributed by atoms with E-state index in [1.54, 1.807) is 50.4 Å². The summed E-state index contributed by atoms with van der Waals surface area (Å²) in [4.78, 5) is 45.1. The minimum absolute atomic E-state index is 0.231. The maximum Gasteiger partial charge on any atom is 0.237 e. The molecule has 0 aliphatic rings. The molecule has 1 N–H and O–H groups in total. The standard InChI is InChI=1S/C24H23FN2O3S/c1-14(2)21(28)20(23(30)27-24-26-13-15(3)31-24)19(16-7-5-4-6-8-16)22(29)17-9-11-18(25)12-10-17/h4-14,19-20H,1-3H3,(H,26,27,30). The first-order valence-corrected chi connectivity index (χ1v) is 10.7. The lowest BCUT2D eigenvalue weighted by molar-refractivity contribution is -0.133. The molecule has 1 heterocycles. The smallest absolute Gasteiger partial charge is 0.237 e. The molecule has 31 heavy (non-hydrogen) atoms. The molecule has 160 valence electrons. The number of rotatable bonds is 8. The second-order valence-corrected chi connectivity index (χ2v) is 8.79. The number of halogens is 1. The molecule has 0 fully saturated rings. The first-order valence-electron chi connectivity index (χ1n) is 9.89. The van der Waals surface area contributed by atoms with Gasteiger partial charge in [-0.2, -0.15) is 0 Å². The zero-order valence-corrected chi connectivity index (χ0v) is 18.3. The molecule has 2 unspecified atom stereocenters. The van der Waals surface area contributed by atoms with E-state index in [0.717, 1.165) is 4.88 Å². The summed E-state index contributed by atoms with van der Waals surface area (Å²) in [5.74, 6) is -4.62. The number of nitrogens with zero attached hydrogens (tertiary/aromatic N) is 1. The second-order valence-electron chi connectivity index (χ2n) is 7.56. The predicted molar refractivity (Wildman–Crippen MR) is 119 cm³/mol. The fourth-order valence-electron chi connectivity index (χ4n) is 3.35. The Hall–Kier alpha value is -3.19. The van der Waals surface area contributed by atoms with Crippen molar-refractivity contribution in [1.82, 2.24) is 4.98 Å². The number of amides is 1. The number of benzene rings is 2. The number of carbonyl (C=O) groups excluding carboxylic acids is 3. The van der Waals surface area contributed by atoms with Crippen LogP contribution in [0.4, 0.5) is 9.52 Å². The van der Waals surface area contributed by atoms with Crippen molar-refractivity contribution in [3.8, 4) is 0 Å². The molecule has 0 aliphatic carbocycles. The maximum atomic E-state index is 13.5. The van der Waals surface area contributed by atoms with Crippen molar-refractivity contribution >= 4 is 33.9 Å². The van der Waals surface area contributed by atoms with Gasteiger partial charge in [0, 0.05) is 22.6 Å². The molecule has 0 saturated heterocycles. The minimum atomic E-state index is -1.26. The van der Waals surface area contributed by atoms with E-state index in [2.05, 4.69) is 10.3 Å². The van der Waals surface area contributed by atoms with Gasteiger partial charge >= 0.3 is 0 Å². The molecule has 2 atom stereocenters. The molecule has 7 heteroatoms. The van der Waals surface area contributed by atoms with E-state index in [0.29, 0.717) is 10.7 Å². The van der Waals surface area contributed by atoms with Crippen LogP contribution in [0.2, 0.25) is 0 Å². The molecule has 5 nitrogen and oxygen atoms in total. The lowest BCUT2D eigenvalue weighted by Gasteiger charge is -2.26. The van der Waals surface area contributed by atoms with Crippen LogP contribution < -0.4 is 5.32 Å². The van der Waals surface area contributed by atoms with Crippen LogP contribution in [0, 0.1) is 24.6 Å². The Morgan fingerprint density at radius 2 is 1.65 bits per heavy atom. The Bertz CT molecular complexity index is 1080. The highest BCUT2D eigenvalue weighted by Gasteiger charge is 2.41. The Labute approximate surface area is 184 Å². The number of ketones is 2. The maximum absolute atomic E-state index is 13.5. The zero-order valence-electron chi connectivity index (χ0n) is 17.5. The summed E-state index contributed by atoms with van der Waals surface area (Å²) in [6, 6.07) is 13.8. The van der Waals surface area contributed by atoms with Gasteiger partial charge in [0.05, 0.1) is 5.92 Å². The number of carbonyl (C=O) groups is 3. The van der Waals surface area contributed by atoms with Gasteiger partial charge in [0.15, 0.2) is 10.9 Å². The van der Waals surface area contributed by atoms with Crippen molar-refractivity contribution in [2.75, 3.05) is 5.32 Å². The van der Waals surface area contributed by atoms with Crippen molar-refractivity contribution < 1.29 is 18.8 Å². The summed E-state index contributed by atoms with van der Waals surface area (Å²) in [6.45, 7) is 5.25. The van der Waals surface area contributed by atoms with Crippen LogP contribution in [0.3, 0.4) is 0 Å². The monoisotopic (exact) mass is 438 g/mol. The highest BCUT2D eigenvalue weighted by atomic mass is 32.1. The van der Waals surface area contributed by atoms with Crippen LogP contribution in [-0.2, 0) is 9.59 Å². The molecule has 1 amide bonds. The van der Waals surface area contributed by atoms with E-state index in [1.165, 1.54) is 35.6 Å². The molecule has 1 aromatic heterocycles. The molecule has 3 aromatic rings. The third kappa shape index (κ3) is 5.30. The molecule has 0 spiro atoms. The summed E-state index contributed by atoms with van der Waals surface area (Å²) in [6.07, 6.45) is 1.62. The third-order valence-electron chi connectivity index (χ3n) is 4.91. The van der Waals surface area contributed by atoms with Crippen molar-refractivity contribution in [3.05, 3.63) is 82.6 Å². The molecule has 0 aliphatic heterocycles. The third-order valence-corrected chi connectivity index (χ3v) is 5.74. The Kier molecular flexibility index (Phi) is 7.07. The Balaban J connectivity index is 2.08. The predicted octanol–water partition coefficient (Wildman–Crippen LogP) is 5.04. The second kappa shape index (κ2) is 9.75. The van der Waals surface area contributed by atoms with Gasteiger partial charge in [0.2, 0.25) is 5.91 Å². The fraction of sp³-hybridized carbons (Fsp3) is 0.250. The lowest BCUT2D eigenvalue weighted by atomic mass is 9.75. The number of aromatic nitrogens is 1. The van der Waals surface area contributed by atoms with E-state index in [4.69, 9.17) is 0 Å². The van der Waals surface area contributed by atoms with Crippen LogP contribution in [0.1, 0.15) is 40.6 Å². The van der Waals surface area contributed by atoms with Gasteiger partial charge in [0.1, 0.15) is 17.5 Å². The number of hydrogen-bond donors (Lipinski definition) is 1. The number of aryl methyl sites for hydroxylation is 1. The van der Waals surface area contributed by atoms with E-state index in [9.17, 15) is 18.8 Å². The fourth-order valence-corrected chi connectivity index (χ4v) is 4.02. The van der Waals surface area contributed by atoms with E-state index < -0.39 is 35.3 Å². The molecular weight excluding hydrogens is 415 g/mol. The van der Waals surface area contributed by atoms with Crippen LogP contribution in [0.5, 0.6) is 0 Å². The van der Waals surface area contributed by atoms with Gasteiger partial charge in [0.25, 0.3) is 0 Å². The number of Topliss-reactive ketones (excluding diaryl/α,β-unsaturated/α-hetero) is 2. The number of nitrogens with one attached hydrogen (secondary N) is 1. The molecule has 2 aromatic carbocycles. The van der Waals surface area contributed by atoms with Gasteiger partial charge in [-0.15, -0.1) is 11.3 Å². The SMILES string of the molecule is Cc1cnc(NC(=O)C(C(=O)C(C)C)C(C(=O)c2ccc(F)cc2)c2ccccc2)s1. The van der Waals surface area contributed by atoms with Crippen molar-refractivity contribution in [1.29, 1.82) is 0 Å². The van der Waals surface area contributed by atoms with Crippen molar-refractivity contribution in [3.63, 3.8) is 0 Å². The topological polar surface area (TPSA) is 76.1 Å². The van der Waals surface area contributed by atoms with Gasteiger partial charge in [-0.1, -0.05) is 44.2 Å². The van der Waals surface area contributed by atoms with E-state index in [1.807, 2.05) is 6.92 Å². The molecule has 3 rings (SSSR count). The molecular formula is C24H23FN2O3S. The zero-order chi connectivity index (χ0) is 22.5. The van der Waals surface area contributed by atoms with E-state index >= 15 is 0 Å².